The lowest BCUT2D eigenvalue weighted by Gasteiger charge is -2.29. The van der Waals surface area contributed by atoms with Gasteiger partial charge in [0.25, 0.3) is 0 Å². The lowest BCUT2D eigenvalue weighted by atomic mass is 10.1. The van der Waals surface area contributed by atoms with Gasteiger partial charge in [0, 0.05) is 31.4 Å². The zero-order valence-corrected chi connectivity index (χ0v) is 18.2. The summed E-state index contributed by atoms with van der Waals surface area (Å²) >= 11 is 0. The lowest BCUT2D eigenvalue weighted by Crippen LogP contribution is -2.56. The Morgan fingerprint density at radius 3 is 2.73 bits per heavy atom. The number of imidazole rings is 1. The van der Waals surface area contributed by atoms with Gasteiger partial charge in [-0.3, -0.25) is 24.2 Å². The standard InChI is InChI=1S/C19H31N9O5/c20-12(7-11-8-23-10-26-11)16(31)27-13(3-1-5-24-19(21)22)18(33)28-6-2-4-14(28)17(32)25-9-15(29)30/h8,10,12-14H,1-7,9,20H2,(H,23,26)(H,25,32)(H,27,31)(H,29,30)(H4,21,22,24). The van der Waals surface area contributed by atoms with Crippen LogP contribution in [0.25, 0.3) is 0 Å². The van der Waals surface area contributed by atoms with Crippen LogP contribution < -0.4 is 27.8 Å². The summed E-state index contributed by atoms with van der Waals surface area (Å²) in [7, 11) is 0. The molecule has 14 nitrogen and oxygen atoms in total. The minimum atomic E-state index is -1.18. The van der Waals surface area contributed by atoms with Crippen molar-refractivity contribution in [3.63, 3.8) is 0 Å². The maximum atomic E-state index is 13.3. The molecule has 182 valence electrons. The summed E-state index contributed by atoms with van der Waals surface area (Å²) in [5, 5.41) is 13.8. The van der Waals surface area contributed by atoms with E-state index >= 15 is 0 Å². The number of nitrogens with zero attached hydrogens (tertiary/aromatic N) is 3. The molecule has 2 heterocycles. The third-order valence-electron chi connectivity index (χ3n) is 5.14. The first-order chi connectivity index (χ1) is 15.7. The summed E-state index contributed by atoms with van der Waals surface area (Å²) in [5.74, 6) is -2.80. The van der Waals surface area contributed by atoms with E-state index in [1.165, 1.54) is 11.2 Å². The Kier molecular flexibility index (Phi) is 9.60. The zero-order chi connectivity index (χ0) is 24.4. The number of aromatic amines is 1. The van der Waals surface area contributed by atoms with Gasteiger partial charge in [0.2, 0.25) is 17.7 Å². The van der Waals surface area contributed by atoms with Crippen LogP contribution in [0, 0.1) is 0 Å². The number of H-pyrrole nitrogens is 1. The molecule has 14 heteroatoms. The Balaban J connectivity index is 2.07. The molecule has 3 unspecified atom stereocenters. The highest BCUT2D eigenvalue weighted by Crippen LogP contribution is 2.20. The first-order valence-corrected chi connectivity index (χ1v) is 10.6. The first-order valence-electron chi connectivity index (χ1n) is 10.6. The number of carboxylic acid groups (broad SMARTS) is 1. The van der Waals surface area contributed by atoms with Crippen molar-refractivity contribution < 1.29 is 24.3 Å². The Morgan fingerprint density at radius 1 is 1.33 bits per heavy atom. The number of aliphatic imine (C=N–C) groups is 1. The number of aliphatic carboxylic acids is 1. The van der Waals surface area contributed by atoms with Gasteiger partial charge in [-0.05, 0) is 25.7 Å². The molecular formula is C19H31N9O5. The molecule has 1 aliphatic heterocycles. The van der Waals surface area contributed by atoms with Gasteiger partial charge < -0.3 is 42.8 Å². The summed E-state index contributed by atoms with van der Waals surface area (Å²) in [4.78, 5) is 61.1. The molecule has 1 saturated heterocycles. The second kappa shape index (κ2) is 12.4. The predicted molar refractivity (Wildman–Crippen MR) is 117 cm³/mol. The number of likely N-dealkylation sites (tertiary alicyclic amines) is 1. The number of guanidine groups is 1. The average molecular weight is 466 g/mol. The molecule has 0 spiro atoms. The number of hydrogen-bond acceptors (Lipinski definition) is 7. The molecule has 0 aromatic carbocycles. The minimum Gasteiger partial charge on any atom is -0.480 e. The Morgan fingerprint density at radius 2 is 2.09 bits per heavy atom. The molecule has 2 rings (SSSR count). The maximum Gasteiger partial charge on any atom is 0.322 e. The molecule has 33 heavy (non-hydrogen) atoms. The third-order valence-corrected chi connectivity index (χ3v) is 5.14. The minimum absolute atomic E-state index is 0.0850. The summed E-state index contributed by atoms with van der Waals surface area (Å²) < 4.78 is 0. The molecule has 3 amide bonds. The van der Waals surface area contributed by atoms with Crippen molar-refractivity contribution in [1.82, 2.24) is 25.5 Å². The van der Waals surface area contributed by atoms with E-state index in [1.807, 2.05) is 0 Å². The smallest absolute Gasteiger partial charge is 0.322 e. The number of carboxylic acids is 1. The van der Waals surface area contributed by atoms with Crippen molar-refractivity contribution in [3.8, 4) is 0 Å². The van der Waals surface area contributed by atoms with E-state index in [0.717, 1.165) is 0 Å². The van der Waals surface area contributed by atoms with Crippen LogP contribution in [0.2, 0.25) is 0 Å². The Hall–Kier alpha value is -3.68. The van der Waals surface area contributed by atoms with Crippen LogP contribution in [-0.4, -0.2) is 87.4 Å². The summed E-state index contributed by atoms with van der Waals surface area (Å²) in [5.41, 5.74) is 17.3. The van der Waals surface area contributed by atoms with E-state index in [0.29, 0.717) is 31.5 Å². The summed E-state index contributed by atoms with van der Waals surface area (Å²) in [6.07, 6.45) is 4.81. The van der Waals surface area contributed by atoms with Crippen LogP contribution in [0.15, 0.2) is 17.5 Å². The first kappa shape index (κ1) is 25.6. The Bertz CT molecular complexity index is 854. The SMILES string of the molecule is NC(N)=NCCCC(NC(=O)C(N)Cc1cnc[nH]1)C(=O)N1CCCC1C(=O)NCC(=O)O. The van der Waals surface area contributed by atoms with Crippen molar-refractivity contribution >= 4 is 29.7 Å². The summed E-state index contributed by atoms with van der Waals surface area (Å²) in [6.45, 7) is 0.0215. The average Bonchev–Trinajstić information content (AvgIpc) is 3.45. The number of aromatic nitrogens is 2. The van der Waals surface area contributed by atoms with Gasteiger partial charge in [0.1, 0.15) is 18.6 Å². The molecule has 10 N–H and O–H groups in total. The number of carbonyl (C=O) groups is 4. The van der Waals surface area contributed by atoms with Crippen molar-refractivity contribution in [2.75, 3.05) is 19.6 Å². The molecule has 1 fully saturated rings. The van der Waals surface area contributed by atoms with Crippen LogP contribution in [0.3, 0.4) is 0 Å². The van der Waals surface area contributed by atoms with E-state index in [9.17, 15) is 19.2 Å². The van der Waals surface area contributed by atoms with Gasteiger partial charge in [0.05, 0.1) is 12.4 Å². The van der Waals surface area contributed by atoms with Gasteiger partial charge in [0.15, 0.2) is 5.96 Å². The van der Waals surface area contributed by atoms with E-state index in [1.54, 1.807) is 6.20 Å². The van der Waals surface area contributed by atoms with Crippen LogP contribution in [0.1, 0.15) is 31.4 Å². The predicted octanol–water partition coefficient (Wildman–Crippen LogP) is -2.99. The molecule has 0 bridgehead atoms. The fraction of sp³-hybridized carbons (Fsp3) is 0.579. The topological polar surface area (TPSA) is 235 Å². The number of nitrogens with one attached hydrogen (secondary N) is 3. The van der Waals surface area contributed by atoms with Crippen LogP contribution in [0.4, 0.5) is 0 Å². The summed E-state index contributed by atoms with van der Waals surface area (Å²) in [6, 6.07) is -2.69. The molecule has 0 saturated carbocycles. The van der Waals surface area contributed by atoms with Gasteiger partial charge >= 0.3 is 5.97 Å². The van der Waals surface area contributed by atoms with E-state index < -0.39 is 48.4 Å². The van der Waals surface area contributed by atoms with E-state index in [-0.39, 0.29) is 25.3 Å². The number of amides is 3. The van der Waals surface area contributed by atoms with E-state index in [2.05, 4.69) is 25.6 Å². The quantitative estimate of drug-likeness (QED) is 0.0945. The molecule has 0 aliphatic carbocycles. The van der Waals surface area contributed by atoms with Crippen LogP contribution >= 0.6 is 0 Å². The van der Waals surface area contributed by atoms with Gasteiger partial charge in [-0.1, -0.05) is 0 Å². The van der Waals surface area contributed by atoms with E-state index in [4.69, 9.17) is 22.3 Å². The van der Waals surface area contributed by atoms with Gasteiger partial charge in [-0.2, -0.15) is 0 Å². The van der Waals surface area contributed by atoms with Crippen molar-refractivity contribution in [3.05, 3.63) is 18.2 Å². The normalized spacial score (nSPS) is 17.1. The molecule has 3 atom stereocenters. The molecular weight excluding hydrogens is 434 g/mol. The van der Waals surface area contributed by atoms with Crippen molar-refractivity contribution in [2.45, 2.75) is 50.2 Å². The largest absolute Gasteiger partial charge is 0.480 e. The van der Waals surface area contributed by atoms with Crippen LogP contribution in [-0.2, 0) is 25.6 Å². The maximum absolute atomic E-state index is 13.3. The fourth-order valence-corrected chi connectivity index (χ4v) is 3.55. The number of hydrogen-bond donors (Lipinski definition) is 7. The van der Waals surface area contributed by atoms with Gasteiger partial charge in [-0.25, -0.2) is 4.98 Å². The van der Waals surface area contributed by atoms with Crippen LogP contribution in [0.5, 0.6) is 0 Å². The Labute approximate surface area is 190 Å². The van der Waals surface area contributed by atoms with Crippen molar-refractivity contribution in [2.24, 2.45) is 22.2 Å². The number of carbonyl (C=O) groups excluding carboxylic acids is 3. The monoisotopic (exact) mass is 465 g/mol. The molecule has 1 aliphatic rings. The number of rotatable bonds is 12. The molecule has 1 aromatic heterocycles. The fourth-order valence-electron chi connectivity index (χ4n) is 3.55. The second-order valence-electron chi connectivity index (χ2n) is 7.70. The molecule has 0 radical (unpaired) electrons. The highest BCUT2D eigenvalue weighted by molar-refractivity contribution is 5.94. The van der Waals surface area contributed by atoms with Crippen molar-refractivity contribution in [1.29, 1.82) is 0 Å². The number of nitrogens with two attached hydrogens (primary N) is 3. The second-order valence-corrected chi connectivity index (χ2v) is 7.70. The van der Waals surface area contributed by atoms with Gasteiger partial charge in [-0.15, -0.1) is 0 Å². The highest BCUT2D eigenvalue weighted by Gasteiger charge is 2.37. The molecule has 1 aromatic rings. The third kappa shape index (κ3) is 8.07. The lowest BCUT2D eigenvalue weighted by molar-refractivity contribution is -0.143. The zero-order valence-electron chi connectivity index (χ0n) is 18.2. The highest BCUT2D eigenvalue weighted by atomic mass is 16.4.